The third-order valence-corrected chi connectivity index (χ3v) is 10.6. The highest BCUT2D eigenvalue weighted by molar-refractivity contribution is 7.89. The van der Waals surface area contributed by atoms with E-state index < -0.39 is 37.9 Å². The first-order valence-electron chi connectivity index (χ1n) is 15.1. The molecule has 1 aromatic heterocycles. The monoisotopic (exact) mass is 657 g/mol. The predicted octanol–water partition coefficient (Wildman–Crippen LogP) is 3.15. The van der Waals surface area contributed by atoms with E-state index in [1.807, 2.05) is 6.07 Å². The van der Waals surface area contributed by atoms with Crippen LogP contribution in [-0.2, 0) is 31.5 Å². The maximum absolute atomic E-state index is 14.0. The molecule has 1 atom stereocenters. The van der Waals surface area contributed by atoms with Crippen LogP contribution < -0.4 is 15.5 Å². The summed E-state index contributed by atoms with van der Waals surface area (Å²) in [5.41, 5.74) is 1.68. The Morgan fingerprint density at radius 3 is 2.43 bits per heavy atom. The predicted molar refractivity (Wildman–Crippen MR) is 167 cm³/mol. The number of sulfonamides is 1. The molecule has 15 heteroatoms. The van der Waals surface area contributed by atoms with Crippen LogP contribution in [0, 0.1) is 17.6 Å². The number of hydrogen-bond acceptors (Lipinski definition) is 8. The third kappa shape index (κ3) is 6.36. The lowest BCUT2D eigenvalue weighted by atomic mass is 9.84. The minimum absolute atomic E-state index is 0.00482. The van der Waals surface area contributed by atoms with E-state index in [4.69, 9.17) is 4.74 Å². The summed E-state index contributed by atoms with van der Waals surface area (Å²) in [5, 5.41) is 13.0. The lowest BCUT2D eigenvalue weighted by molar-refractivity contribution is -0.119. The Morgan fingerprint density at radius 1 is 1.04 bits per heavy atom. The number of aromatic nitrogens is 2. The summed E-state index contributed by atoms with van der Waals surface area (Å²) in [7, 11) is -2.25. The Kier molecular flexibility index (Phi) is 8.61. The van der Waals surface area contributed by atoms with Crippen molar-refractivity contribution in [1.82, 2.24) is 19.4 Å². The second kappa shape index (κ2) is 12.4. The van der Waals surface area contributed by atoms with Gasteiger partial charge in [-0.3, -0.25) is 14.7 Å². The minimum Gasteiger partial charge on any atom is -0.381 e. The van der Waals surface area contributed by atoms with Crippen molar-refractivity contribution < 1.29 is 31.5 Å². The number of ether oxygens (including phenoxy) is 1. The van der Waals surface area contributed by atoms with E-state index in [1.54, 1.807) is 26.0 Å². The van der Waals surface area contributed by atoms with Crippen LogP contribution >= 0.6 is 0 Å². The summed E-state index contributed by atoms with van der Waals surface area (Å²) in [6, 6.07) is 7.45. The molecule has 3 aliphatic heterocycles. The summed E-state index contributed by atoms with van der Waals surface area (Å²) < 4.78 is 61.5. The maximum atomic E-state index is 14.0. The van der Waals surface area contributed by atoms with Crippen LogP contribution in [0.4, 0.5) is 26.0 Å². The molecule has 0 bridgehead atoms. The first kappa shape index (κ1) is 32.0. The zero-order chi connectivity index (χ0) is 32.8. The third-order valence-electron chi connectivity index (χ3n) is 8.83. The van der Waals surface area contributed by atoms with Gasteiger partial charge in [-0.1, -0.05) is 13.8 Å². The van der Waals surface area contributed by atoms with Crippen molar-refractivity contribution in [1.29, 1.82) is 0 Å². The van der Waals surface area contributed by atoms with Crippen molar-refractivity contribution in [2.75, 3.05) is 68.5 Å². The zero-order valence-corrected chi connectivity index (χ0v) is 26.7. The number of nitrogens with one attached hydrogen (secondary N) is 3. The van der Waals surface area contributed by atoms with Gasteiger partial charge in [-0.2, -0.15) is 9.40 Å². The molecule has 2 fully saturated rings. The van der Waals surface area contributed by atoms with Gasteiger partial charge in [-0.15, -0.1) is 0 Å². The molecule has 6 rings (SSSR count). The van der Waals surface area contributed by atoms with Crippen molar-refractivity contribution >= 4 is 39.0 Å². The Labute approximate surface area is 266 Å². The Morgan fingerprint density at radius 2 is 1.76 bits per heavy atom. The van der Waals surface area contributed by atoms with Gasteiger partial charge in [0.1, 0.15) is 11.6 Å². The number of halogens is 2. The van der Waals surface area contributed by atoms with Crippen LogP contribution in [0.2, 0.25) is 0 Å². The Hall–Kier alpha value is -3.92. The lowest BCUT2D eigenvalue weighted by Crippen LogP contribution is -2.45. The van der Waals surface area contributed by atoms with Gasteiger partial charge in [0.15, 0.2) is 5.82 Å². The first-order chi connectivity index (χ1) is 21.8. The van der Waals surface area contributed by atoms with E-state index >= 15 is 0 Å². The van der Waals surface area contributed by atoms with Crippen LogP contribution in [0.3, 0.4) is 0 Å². The van der Waals surface area contributed by atoms with Crippen LogP contribution in [0.5, 0.6) is 0 Å². The quantitative estimate of drug-likeness (QED) is 0.352. The molecular weight excluding hydrogens is 620 g/mol. The number of likely N-dealkylation sites (N-methyl/N-ethyl adjacent to an activating group) is 1. The number of amides is 2. The zero-order valence-electron chi connectivity index (χ0n) is 25.9. The summed E-state index contributed by atoms with van der Waals surface area (Å²) in [5.74, 6) is -3.02. The van der Waals surface area contributed by atoms with E-state index in [-0.39, 0.29) is 36.3 Å². The van der Waals surface area contributed by atoms with Gasteiger partial charge in [0.2, 0.25) is 15.9 Å². The van der Waals surface area contributed by atoms with Crippen LogP contribution in [0.15, 0.2) is 41.3 Å². The average Bonchev–Trinajstić information content (AvgIpc) is 3.68. The van der Waals surface area contributed by atoms with Gasteiger partial charge in [0.25, 0.3) is 5.91 Å². The molecule has 3 N–H and O–H groups in total. The molecule has 0 saturated carbocycles. The van der Waals surface area contributed by atoms with Gasteiger partial charge in [-0.25, -0.2) is 17.2 Å². The second-order valence-corrected chi connectivity index (χ2v) is 14.6. The van der Waals surface area contributed by atoms with Crippen molar-refractivity contribution in [3.05, 3.63) is 64.9 Å². The topological polar surface area (TPSA) is 140 Å². The summed E-state index contributed by atoms with van der Waals surface area (Å²) in [6.45, 7) is 7.57. The van der Waals surface area contributed by atoms with Crippen LogP contribution in [0.25, 0.3) is 0 Å². The standard InChI is InChI=1S/C31H37F2N7O5S/c1-31(2)18-40(46(43,44)23-13-20(32)12-21(33)14-23)16-25-27(31)36-37-28(25)35-30(42)24-5-4-22(39-9-7-38(3)8-10-39)15-26(24)34-29(41)19-6-11-45-17-19/h4-5,12-15,19H,6-11,16-18H2,1-3H3,(H,34,41)(H2,35,36,37,42). The average molecular weight is 658 g/mol. The van der Waals surface area contributed by atoms with Gasteiger partial charge >= 0.3 is 0 Å². The van der Waals surface area contributed by atoms with Crippen molar-refractivity contribution in [2.45, 2.75) is 37.1 Å². The van der Waals surface area contributed by atoms with E-state index in [2.05, 4.69) is 37.7 Å². The number of rotatable bonds is 7. The van der Waals surface area contributed by atoms with Crippen LogP contribution in [0.1, 0.15) is 41.9 Å². The molecular formula is C31H37F2N7O5S. The first-order valence-corrected chi connectivity index (χ1v) is 16.6. The number of fused-ring (bicyclic) bond motifs is 1. The molecule has 12 nitrogen and oxygen atoms in total. The highest BCUT2D eigenvalue weighted by Gasteiger charge is 2.41. The molecule has 0 spiro atoms. The number of carbonyl (C=O) groups is 2. The lowest BCUT2D eigenvalue weighted by Gasteiger charge is -2.36. The number of H-pyrrole nitrogens is 1. The number of aromatic amines is 1. The van der Waals surface area contributed by atoms with Gasteiger partial charge in [0.05, 0.1) is 28.7 Å². The number of benzene rings is 2. The number of anilines is 3. The highest BCUT2D eigenvalue weighted by Crippen LogP contribution is 2.38. The molecule has 2 aromatic carbocycles. The SMILES string of the molecule is CN1CCN(c2ccc(C(=O)Nc3n[nH]c4c3CN(S(=O)(=O)c3cc(F)cc(F)c3)CC4(C)C)c(NC(=O)C3CCOC3)c2)CC1. The van der Waals surface area contributed by atoms with E-state index in [9.17, 15) is 26.8 Å². The Bertz CT molecular complexity index is 1750. The van der Waals surface area contributed by atoms with Crippen molar-refractivity contribution in [2.24, 2.45) is 5.92 Å². The van der Waals surface area contributed by atoms with Gasteiger partial charge in [0, 0.05) is 74.3 Å². The minimum atomic E-state index is -4.31. The second-order valence-electron chi connectivity index (χ2n) is 12.7. The van der Waals surface area contributed by atoms with Gasteiger partial charge < -0.3 is 25.2 Å². The molecule has 2 amide bonds. The largest absolute Gasteiger partial charge is 0.381 e. The molecule has 1 unspecified atom stereocenters. The van der Waals surface area contributed by atoms with E-state index in [0.29, 0.717) is 42.6 Å². The molecule has 3 aliphatic rings. The number of hydrogen-bond donors (Lipinski definition) is 3. The summed E-state index contributed by atoms with van der Waals surface area (Å²) >= 11 is 0. The smallest absolute Gasteiger partial charge is 0.258 e. The number of nitrogens with zero attached hydrogens (tertiary/aromatic N) is 4. The molecule has 2 saturated heterocycles. The summed E-state index contributed by atoms with van der Waals surface area (Å²) in [4.78, 5) is 30.9. The molecule has 0 aliphatic carbocycles. The number of piperazine rings is 1. The fourth-order valence-electron chi connectivity index (χ4n) is 6.18. The highest BCUT2D eigenvalue weighted by atomic mass is 32.2. The van der Waals surface area contributed by atoms with Crippen molar-refractivity contribution in [3.63, 3.8) is 0 Å². The maximum Gasteiger partial charge on any atom is 0.258 e. The van der Waals surface area contributed by atoms with Crippen LogP contribution in [-0.4, -0.2) is 92.6 Å². The fourth-order valence-corrected chi connectivity index (χ4v) is 7.79. The van der Waals surface area contributed by atoms with Gasteiger partial charge in [-0.05, 0) is 43.8 Å². The Balaban J connectivity index is 1.29. The number of carbonyl (C=O) groups excluding carboxylic acids is 2. The summed E-state index contributed by atoms with van der Waals surface area (Å²) in [6.07, 6.45) is 0.586. The van der Waals surface area contributed by atoms with E-state index in [0.717, 1.165) is 48.3 Å². The van der Waals surface area contributed by atoms with E-state index in [1.165, 1.54) is 0 Å². The molecule has 0 radical (unpaired) electrons. The normalized spacial score (nSPS) is 20.4. The fraction of sp³-hybridized carbons (Fsp3) is 0.452. The molecule has 4 heterocycles. The van der Waals surface area contributed by atoms with Crippen molar-refractivity contribution in [3.8, 4) is 0 Å². The molecule has 246 valence electrons. The molecule has 46 heavy (non-hydrogen) atoms. The molecule has 3 aromatic rings.